The summed E-state index contributed by atoms with van der Waals surface area (Å²) in [6.07, 6.45) is 5.20. The van der Waals surface area contributed by atoms with Crippen molar-refractivity contribution >= 4 is 41.7 Å². The molecular formula is C19H32IN3O2S. The molecule has 2 rings (SSSR count). The molecule has 1 aliphatic rings. The Hall–Kier alpha value is -0.510. The van der Waals surface area contributed by atoms with Gasteiger partial charge in [0.25, 0.3) is 0 Å². The molecule has 26 heavy (non-hydrogen) atoms. The van der Waals surface area contributed by atoms with Crippen LogP contribution in [0, 0.1) is 0 Å². The summed E-state index contributed by atoms with van der Waals surface area (Å²) in [4.78, 5) is 4.51. The molecule has 3 unspecified atom stereocenters. The Morgan fingerprint density at radius 1 is 1.35 bits per heavy atom. The first kappa shape index (κ1) is 23.5. The molecule has 1 aliphatic carbocycles. The van der Waals surface area contributed by atoms with E-state index in [1.807, 2.05) is 42.1 Å². The Morgan fingerprint density at radius 2 is 2.12 bits per heavy atom. The number of rotatable bonds is 9. The van der Waals surface area contributed by atoms with Gasteiger partial charge < -0.3 is 20.5 Å². The monoisotopic (exact) mass is 493 g/mol. The van der Waals surface area contributed by atoms with E-state index in [0.717, 1.165) is 23.3 Å². The standard InChI is InChI=1S/C19H31N3O2S.HI/c1-3-20-19(22-16-9-10-18(11-16)25-2)21-12-17(23)14-24-13-15-7-5-4-6-8-15;/h4-8,16-18,23H,3,9-14H2,1-2H3,(H2,20,21,22);1H. The zero-order valence-corrected chi connectivity index (χ0v) is 18.8. The Kier molecular flexibility index (Phi) is 12.3. The Labute approximate surface area is 178 Å². The van der Waals surface area contributed by atoms with Gasteiger partial charge >= 0.3 is 0 Å². The van der Waals surface area contributed by atoms with Crippen molar-refractivity contribution in [3.63, 3.8) is 0 Å². The third-order valence-electron chi connectivity index (χ3n) is 4.28. The number of ether oxygens (including phenoxy) is 1. The van der Waals surface area contributed by atoms with Gasteiger partial charge in [0.1, 0.15) is 0 Å². The number of aliphatic hydroxyl groups is 1. The van der Waals surface area contributed by atoms with Crippen molar-refractivity contribution in [3.05, 3.63) is 35.9 Å². The number of hydrogen-bond acceptors (Lipinski definition) is 4. The van der Waals surface area contributed by atoms with Crippen LogP contribution in [0.25, 0.3) is 0 Å². The summed E-state index contributed by atoms with van der Waals surface area (Å²) >= 11 is 1.95. The van der Waals surface area contributed by atoms with Gasteiger partial charge in [-0.2, -0.15) is 11.8 Å². The fraction of sp³-hybridized carbons (Fsp3) is 0.632. The topological polar surface area (TPSA) is 65.9 Å². The molecule has 0 radical (unpaired) electrons. The average molecular weight is 493 g/mol. The largest absolute Gasteiger partial charge is 0.389 e. The second-order valence-corrected chi connectivity index (χ2v) is 7.52. The summed E-state index contributed by atoms with van der Waals surface area (Å²) in [5.74, 6) is 0.788. The van der Waals surface area contributed by atoms with Crippen LogP contribution >= 0.6 is 35.7 Å². The lowest BCUT2D eigenvalue weighted by molar-refractivity contribution is 0.0331. The van der Waals surface area contributed by atoms with E-state index in [2.05, 4.69) is 28.8 Å². The maximum atomic E-state index is 10.1. The Bertz CT molecular complexity index is 519. The first-order chi connectivity index (χ1) is 12.2. The van der Waals surface area contributed by atoms with Gasteiger partial charge in [0.15, 0.2) is 5.96 Å². The highest BCUT2D eigenvalue weighted by Crippen LogP contribution is 2.27. The molecular weight excluding hydrogens is 461 g/mol. The zero-order valence-electron chi connectivity index (χ0n) is 15.7. The SMILES string of the molecule is CCNC(=NCC(O)COCc1ccccc1)NC1CCC(SC)C1.I. The van der Waals surface area contributed by atoms with Crippen LogP contribution < -0.4 is 10.6 Å². The van der Waals surface area contributed by atoms with Gasteiger partial charge in [-0.1, -0.05) is 30.3 Å². The molecule has 0 heterocycles. The number of nitrogens with zero attached hydrogens (tertiary/aromatic N) is 1. The van der Waals surface area contributed by atoms with Crippen LogP contribution in [-0.4, -0.2) is 54.4 Å². The summed E-state index contributed by atoms with van der Waals surface area (Å²) in [6, 6.07) is 10.5. The van der Waals surface area contributed by atoms with Crippen LogP contribution in [0.2, 0.25) is 0 Å². The summed E-state index contributed by atoms with van der Waals surface area (Å²) in [7, 11) is 0. The highest BCUT2D eigenvalue weighted by atomic mass is 127. The van der Waals surface area contributed by atoms with E-state index >= 15 is 0 Å². The average Bonchev–Trinajstić information content (AvgIpc) is 3.08. The molecule has 0 aromatic heterocycles. The number of guanidine groups is 1. The number of hydrogen-bond donors (Lipinski definition) is 3. The van der Waals surface area contributed by atoms with E-state index in [4.69, 9.17) is 4.74 Å². The maximum absolute atomic E-state index is 10.1. The fourth-order valence-electron chi connectivity index (χ4n) is 2.94. The summed E-state index contributed by atoms with van der Waals surface area (Å²) in [6.45, 7) is 4.00. The minimum absolute atomic E-state index is 0. The minimum Gasteiger partial charge on any atom is -0.389 e. The third kappa shape index (κ3) is 8.92. The fourth-order valence-corrected chi connectivity index (χ4v) is 3.73. The van der Waals surface area contributed by atoms with Gasteiger partial charge in [0, 0.05) is 17.8 Å². The van der Waals surface area contributed by atoms with Crippen molar-refractivity contribution in [1.82, 2.24) is 10.6 Å². The molecule has 3 atom stereocenters. The van der Waals surface area contributed by atoms with E-state index in [0.29, 0.717) is 19.2 Å². The van der Waals surface area contributed by atoms with E-state index in [1.54, 1.807) is 0 Å². The van der Waals surface area contributed by atoms with E-state index in [-0.39, 0.29) is 30.6 Å². The zero-order chi connectivity index (χ0) is 17.9. The molecule has 0 spiro atoms. The molecule has 1 saturated carbocycles. The van der Waals surface area contributed by atoms with E-state index < -0.39 is 6.10 Å². The summed E-state index contributed by atoms with van der Waals surface area (Å²) in [5, 5.41) is 17.6. The molecule has 5 nitrogen and oxygen atoms in total. The molecule has 0 bridgehead atoms. The van der Waals surface area contributed by atoms with Crippen LogP contribution in [-0.2, 0) is 11.3 Å². The van der Waals surface area contributed by atoms with Crippen molar-refractivity contribution in [2.45, 2.75) is 50.2 Å². The summed E-state index contributed by atoms with van der Waals surface area (Å²) in [5.41, 5.74) is 1.11. The van der Waals surface area contributed by atoms with Gasteiger partial charge in [-0.3, -0.25) is 4.99 Å². The predicted molar refractivity (Wildman–Crippen MR) is 122 cm³/mol. The third-order valence-corrected chi connectivity index (χ3v) is 5.38. The lowest BCUT2D eigenvalue weighted by Crippen LogP contribution is -2.43. The second-order valence-electron chi connectivity index (χ2n) is 6.39. The smallest absolute Gasteiger partial charge is 0.191 e. The molecule has 0 aliphatic heterocycles. The quantitative estimate of drug-likeness (QED) is 0.281. The maximum Gasteiger partial charge on any atom is 0.191 e. The molecule has 1 aromatic carbocycles. The number of thioether (sulfide) groups is 1. The number of nitrogens with one attached hydrogen (secondary N) is 2. The lowest BCUT2D eigenvalue weighted by atomic mass is 10.2. The lowest BCUT2D eigenvalue weighted by Gasteiger charge is -2.18. The van der Waals surface area contributed by atoms with Crippen molar-refractivity contribution in [2.24, 2.45) is 4.99 Å². The number of aliphatic hydroxyl groups excluding tert-OH is 1. The molecule has 0 saturated heterocycles. The molecule has 1 fully saturated rings. The van der Waals surface area contributed by atoms with Crippen molar-refractivity contribution < 1.29 is 9.84 Å². The summed E-state index contributed by atoms with van der Waals surface area (Å²) < 4.78 is 5.57. The highest BCUT2D eigenvalue weighted by Gasteiger charge is 2.24. The minimum atomic E-state index is -0.596. The predicted octanol–water partition coefficient (Wildman–Crippen LogP) is 3.02. The van der Waals surface area contributed by atoms with E-state index in [1.165, 1.54) is 19.3 Å². The van der Waals surface area contributed by atoms with Crippen molar-refractivity contribution in [3.8, 4) is 0 Å². The normalized spacial score (nSPS) is 21.1. The molecule has 7 heteroatoms. The van der Waals surface area contributed by atoms with Crippen molar-refractivity contribution in [2.75, 3.05) is 26.0 Å². The van der Waals surface area contributed by atoms with Gasteiger partial charge in [0.2, 0.25) is 0 Å². The molecule has 1 aromatic rings. The van der Waals surface area contributed by atoms with Gasteiger partial charge in [-0.25, -0.2) is 0 Å². The first-order valence-corrected chi connectivity index (χ1v) is 10.4. The highest BCUT2D eigenvalue weighted by molar-refractivity contribution is 14.0. The second kappa shape index (κ2) is 13.6. The molecule has 0 amide bonds. The Morgan fingerprint density at radius 3 is 2.77 bits per heavy atom. The van der Waals surface area contributed by atoms with Gasteiger partial charge in [-0.05, 0) is 38.0 Å². The molecule has 3 N–H and O–H groups in total. The number of benzene rings is 1. The van der Waals surface area contributed by atoms with Crippen molar-refractivity contribution in [1.29, 1.82) is 0 Å². The Balaban J connectivity index is 0.00000338. The van der Waals surface area contributed by atoms with Gasteiger partial charge in [0.05, 0.1) is 25.9 Å². The van der Waals surface area contributed by atoms with Crippen LogP contribution in [0.15, 0.2) is 35.3 Å². The first-order valence-electron chi connectivity index (χ1n) is 9.08. The van der Waals surface area contributed by atoms with Crippen LogP contribution in [0.3, 0.4) is 0 Å². The van der Waals surface area contributed by atoms with Crippen LogP contribution in [0.5, 0.6) is 0 Å². The molecule has 148 valence electrons. The van der Waals surface area contributed by atoms with E-state index in [9.17, 15) is 5.11 Å². The number of aliphatic imine (C=N–C) groups is 1. The van der Waals surface area contributed by atoms with Crippen LogP contribution in [0.1, 0.15) is 31.7 Å². The van der Waals surface area contributed by atoms with Gasteiger partial charge in [-0.15, -0.1) is 24.0 Å². The van der Waals surface area contributed by atoms with Crippen LogP contribution in [0.4, 0.5) is 0 Å². The number of halogens is 1.